The van der Waals surface area contributed by atoms with Crippen LogP contribution in [0, 0.1) is 5.82 Å². The number of hydrogen-bond donors (Lipinski definition) is 2. The largest absolute Gasteiger partial charge is 0.299 e. The Bertz CT molecular complexity index is 1520. The molecule has 0 bridgehead atoms. The number of pyridine rings is 1. The lowest BCUT2D eigenvalue weighted by atomic mass is 10.0. The third kappa shape index (κ3) is 3.85. The molecule has 9 heteroatoms. The maximum Gasteiger partial charge on any atom is 0.229 e. The van der Waals surface area contributed by atoms with E-state index >= 15 is 0 Å². The zero-order valence-corrected chi connectivity index (χ0v) is 17.8. The monoisotopic (exact) mass is 447 g/mol. The topological polar surface area (TPSA) is 92.1 Å². The van der Waals surface area contributed by atoms with Gasteiger partial charge in [0.2, 0.25) is 10.0 Å². The van der Waals surface area contributed by atoms with Crippen molar-refractivity contribution in [2.45, 2.75) is 0 Å². The van der Waals surface area contributed by atoms with Gasteiger partial charge < -0.3 is 0 Å². The number of hydrogen-bond acceptors (Lipinski definition) is 4. The number of nitrogens with one attached hydrogen (secondary N) is 2. The molecule has 2 aromatic carbocycles. The Kier molecular flexibility index (Phi) is 4.75. The molecule has 160 valence electrons. The maximum absolute atomic E-state index is 13.3. The first-order valence-corrected chi connectivity index (χ1v) is 11.6. The summed E-state index contributed by atoms with van der Waals surface area (Å²) in [6.45, 7) is 0. The van der Waals surface area contributed by atoms with Crippen molar-refractivity contribution >= 4 is 21.4 Å². The Morgan fingerprint density at radius 2 is 1.62 bits per heavy atom. The number of rotatable bonds is 5. The molecule has 0 amide bonds. The van der Waals surface area contributed by atoms with E-state index < -0.39 is 10.0 Å². The Morgan fingerprint density at radius 3 is 2.34 bits per heavy atom. The van der Waals surface area contributed by atoms with Gasteiger partial charge in [-0.2, -0.15) is 5.10 Å². The normalized spacial score (nSPS) is 11.7. The van der Waals surface area contributed by atoms with Gasteiger partial charge in [0.25, 0.3) is 0 Å². The number of halogens is 1. The molecule has 0 radical (unpaired) electrons. The van der Waals surface area contributed by atoms with Gasteiger partial charge in [0.15, 0.2) is 0 Å². The molecule has 5 rings (SSSR count). The standard InChI is InChI=1S/C23H18FN5O2S/c1-32(30,31)28-19-9-4-15(5-10-19)21-13-25-22-11-6-17(14-29(21)22)20-12-26-27-23(20)16-2-7-18(24)8-3-16/h2-14,28H,1H3,(H,26,27). The lowest BCUT2D eigenvalue weighted by Crippen LogP contribution is -2.09. The molecule has 0 unspecified atom stereocenters. The summed E-state index contributed by atoms with van der Waals surface area (Å²) < 4.78 is 40.6. The molecule has 32 heavy (non-hydrogen) atoms. The molecule has 3 aromatic heterocycles. The van der Waals surface area contributed by atoms with Crippen LogP contribution < -0.4 is 4.72 Å². The van der Waals surface area contributed by atoms with Crippen molar-refractivity contribution in [2.75, 3.05) is 11.0 Å². The Balaban J connectivity index is 1.55. The molecule has 0 atom stereocenters. The highest BCUT2D eigenvalue weighted by atomic mass is 32.2. The van der Waals surface area contributed by atoms with Crippen LogP contribution in [0.1, 0.15) is 0 Å². The second kappa shape index (κ2) is 7.61. The van der Waals surface area contributed by atoms with Crippen LogP contribution in [-0.2, 0) is 10.0 Å². The molecule has 2 N–H and O–H groups in total. The van der Waals surface area contributed by atoms with Crippen LogP contribution in [0.15, 0.2) is 79.3 Å². The average molecular weight is 447 g/mol. The van der Waals surface area contributed by atoms with E-state index in [2.05, 4.69) is 19.9 Å². The van der Waals surface area contributed by atoms with E-state index in [1.165, 1.54) is 12.1 Å². The Hall–Kier alpha value is -3.98. The minimum Gasteiger partial charge on any atom is -0.299 e. The lowest BCUT2D eigenvalue weighted by molar-refractivity contribution is 0.607. The number of aromatic nitrogens is 4. The SMILES string of the molecule is CS(=O)(=O)Nc1ccc(-c2cnc3ccc(-c4c[nH]nc4-c4ccc(F)cc4)cn23)cc1. The van der Waals surface area contributed by atoms with Crippen LogP contribution in [0.5, 0.6) is 0 Å². The molecule has 0 aliphatic carbocycles. The summed E-state index contributed by atoms with van der Waals surface area (Å²) in [4.78, 5) is 4.48. The summed E-state index contributed by atoms with van der Waals surface area (Å²) in [5, 5.41) is 7.25. The molecule has 0 saturated carbocycles. The summed E-state index contributed by atoms with van der Waals surface area (Å²) in [5.74, 6) is -0.298. The Labute approximate surface area is 183 Å². The third-order valence-electron chi connectivity index (χ3n) is 5.06. The first kappa shape index (κ1) is 20.0. The quantitative estimate of drug-likeness (QED) is 0.413. The number of imidazole rings is 1. The molecule has 0 aliphatic heterocycles. The molecule has 3 heterocycles. The smallest absolute Gasteiger partial charge is 0.229 e. The fourth-order valence-corrected chi connectivity index (χ4v) is 4.18. The summed E-state index contributed by atoms with van der Waals surface area (Å²) in [6.07, 6.45) is 6.66. The highest BCUT2D eigenvalue weighted by molar-refractivity contribution is 7.92. The van der Waals surface area contributed by atoms with Gasteiger partial charge in [0.1, 0.15) is 11.5 Å². The molecule has 5 aromatic rings. The first-order valence-electron chi connectivity index (χ1n) is 9.73. The number of H-pyrrole nitrogens is 1. The second-order valence-corrected chi connectivity index (χ2v) is 9.14. The molecule has 0 saturated heterocycles. The van der Waals surface area contributed by atoms with E-state index in [0.717, 1.165) is 45.5 Å². The average Bonchev–Trinajstić information content (AvgIpc) is 3.40. The first-order chi connectivity index (χ1) is 15.4. The number of sulfonamides is 1. The summed E-state index contributed by atoms with van der Waals surface area (Å²) in [6, 6.07) is 17.2. The fourth-order valence-electron chi connectivity index (χ4n) is 3.61. The summed E-state index contributed by atoms with van der Waals surface area (Å²) in [7, 11) is -3.34. The van der Waals surface area contributed by atoms with Gasteiger partial charge in [-0.15, -0.1) is 0 Å². The minimum absolute atomic E-state index is 0.298. The second-order valence-electron chi connectivity index (χ2n) is 7.40. The van der Waals surface area contributed by atoms with Crippen molar-refractivity contribution in [3.8, 4) is 33.6 Å². The molecular weight excluding hydrogens is 429 g/mol. The van der Waals surface area contributed by atoms with Gasteiger partial charge in [-0.05, 0) is 48.5 Å². The van der Waals surface area contributed by atoms with Crippen LogP contribution in [0.3, 0.4) is 0 Å². The van der Waals surface area contributed by atoms with E-state index in [-0.39, 0.29) is 5.82 Å². The molecule has 0 aliphatic rings. The van der Waals surface area contributed by atoms with Gasteiger partial charge in [-0.25, -0.2) is 17.8 Å². The van der Waals surface area contributed by atoms with Gasteiger partial charge >= 0.3 is 0 Å². The van der Waals surface area contributed by atoms with Crippen LogP contribution in [0.4, 0.5) is 10.1 Å². The van der Waals surface area contributed by atoms with E-state index in [1.54, 1.807) is 30.5 Å². The van der Waals surface area contributed by atoms with Crippen LogP contribution in [0.2, 0.25) is 0 Å². The fraction of sp³-hybridized carbons (Fsp3) is 0.0435. The van der Waals surface area contributed by atoms with Gasteiger partial charge in [-0.1, -0.05) is 12.1 Å². The third-order valence-corrected chi connectivity index (χ3v) is 5.67. The highest BCUT2D eigenvalue weighted by Crippen LogP contribution is 2.32. The number of aromatic amines is 1. The molecular formula is C23H18FN5O2S. The zero-order valence-electron chi connectivity index (χ0n) is 16.9. The predicted molar refractivity (Wildman–Crippen MR) is 122 cm³/mol. The zero-order chi connectivity index (χ0) is 22.3. The van der Waals surface area contributed by atoms with E-state index in [0.29, 0.717) is 5.69 Å². The number of nitrogens with zero attached hydrogens (tertiary/aromatic N) is 3. The number of anilines is 1. The van der Waals surface area contributed by atoms with Gasteiger partial charge in [-0.3, -0.25) is 14.2 Å². The maximum atomic E-state index is 13.3. The highest BCUT2D eigenvalue weighted by Gasteiger charge is 2.13. The number of fused-ring (bicyclic) bond motifs is 1. The van der Waals surface area contributed by atoms with Crippen molar-refractivity contribution in [1.82, 2.24) is 19.6 Å². The van der Waals surface area contributed by atoms with Crippen LogP contribution >= 0.6 is 0 Å². The van der Waals surface area contributed by atoms with E-state index in [4.69, 9.17) is 0 Å². The molecule has 0 spiro atoms. The Morgan fingerprint density at radius 1 is 0.938 bits per heavy atom. The minimum atomic E-state index is -3.34. The summed E-state index contributed by atoms with van der Waals surface area (Å²) in [5.41, 5.74) is 6.34. The van der Waals surface area contributed by atoms with E-state index in [1.807, 2.05) is 41.1 Å². The predicted octanol–water partition coefficient (Wildman–Crippen LogP) is 4.57. The van der Waals surface area contributed by atoms with E-state index in [9.17, 15) is 12.8 Å². The molecule has 7 nitrogen and oxygen atoms in total. The van der Waals surface area contributed by atoms with Crippen LogP contribution in [0.25, 0.3) is 39.3 Å². The number of benzene rings is 2. The van der Waals surface area contributed by atoms with Crippen molar-refractivity contribution in [1.29, 1.82) is 0 Å². The lowest BCUT2D eigenvalue weighted by Gasteiger charge is -2.08. The van der Waals surface area contributed by atoms with Gasteiger partial charge in [0.05, 0.1) is 23.8 Å². The van der Waals surface area contributed by atoms with Gasteiger partial charge in [0, 0.05) is 40.3 Å². The van der Waals surface area contributed by atoms with Crippen molar-refractivity contribution in [2.24, 2.45) is 0 Å². The van der Waals surface area contributed by atoms with Crippen molar-refractivity contribution in [3.05, 3.63) is 85.1 Å². The summed E-state index contributed by atoms with van der Waals surface area (Å²) >= 11 is 0. The van der Waals surface area contributed by atoms with Crippen molar-refractivity contribution < 1.29 is 12.8 Å². The van der Waals surface area contributed by atoms with Crippen LogP contribution in [-0.4, -0.2) is 34.3 Å². The van der Waals surface area contributed by atoms with Crippen molar-refractivity contribution in [3.63, 3.8) is 0 Å². The molecule has 0 fully saturated rings.